The van der Waals surface area contributed by atoms with E-state index in [2.05, 4.69) is 9.47 Å². The van der Waals surface area contributed by atoms with Gasteiger partial charge in [0.05, 0.1) is 5.92 Å². The summed E-state index contributed by atoms with van der Waals surface area (Å²) in [7, 11) is 0. The molecule has 0 saturated heterocycles. The van der Waals surface area contributed by atoms with Gasteiger partial charge in [-0.1, -0.05) is 13.8 Å². The Morgan fingerprint density at radius 2 is 1.59 bits per heavy atom. The first-order valence-corrected chi connectivity index (χ1v) is 4.69. The minimum atomic E-state index is -4.85. The van der Waals surface area contributed by atoms with Crippen molar-refractivity contribution in [3.8, 4) is 0 Å². The van der Waals surface area contributed by atoms with Crippen molar-refractivity contribution >= 4 is 11.9 Å². The lowest BCUT2D eigenvalue weighted by molar-refractivity contribution is -0.195. The van der Waals surface area contributed by atoms with E-state index in [0.717, 1.165) is 0 Å². The molecule has 0 atom stereocenters. The van der Waals surface area contributed by atoms with Crippen LogP contribution in [0.1, 0.15) is 13.8 Å². The van der Waals surface area contributed by atoms with Crippen molar-refractivity contribution in [2.75, 3.05) is 13.2 Å². The lowest BCUT2D eigenvalue weighted by atomic mass is 10.2. The first-order valence-electron chi connectivity index (χ1n) is 4.69. The molecule has 0 spiro atoms. The zero-order valence-electron chi connectivity index (χ0n) is 9.21. The van der Waals surface area contributed by atoms with Crippen LogP contribution in [0.3, 0.4) is 0 Å². The van der Waals surface area contributed by atoms with Crippen molar-refractivity contribution < 1.29 is 36.6 Å². The van der Waals surface area contributed by atoms with Crippen LogP contribution in [0.5, 0.6) is 0 Å². The van der Waals surface area contributed by atoms with Crippen molar-refractivity contribution in [3.05, 3.63) is 0 Å². The Balaban J connectivity index is 3.91. The maximum absolute atomic E-state index is 12.3. The molecule has 0 aromatic carbocycles. The van der Waals surface area contributed by atoms with E-state index in [4.69, 9.17) is 0 Å². The van der Waals surface area contributed by atoms with Crippen LogP contribution in [-0.4, -0.2) is 37.5 Å². The first kappa shape index (κ1) is 15.7. The Labute approximate surface area is 94.9 Å². The lowest BCUT2D eigenvalue weighted by Gasteiger charge is -2.14. The van der Waals surface area contributed by atoms with Crippen LogP contribution in [-0.2, 0) is 19.1 Å². The number of carbonyl (C=O) groups is 2. The molecule has 0 aromatic heterocycles. The van der Waals surface area contributed by atoms with E-state index in [0.29, 0.717) is 0 Å². The molecule has 0 aliphatic heterocycles. The van der Waals surface area contributed by atoms with Gasteiger partial charge in [-0.05, 0) is 0 Å². The Morgan fingerprint density at radius 3 is 2.00 bits per heavy atom. The van der Waals surface area contributed by atoms with E-state index in [9.17, 15) is 27.2 Å². The summed E-state index contributed by atoms with van der Waals surface area (Å²) in [6.45, 7) is 1.93. The van der Waals surface area contributed by atoms with Crippen LogP contribution >= 0.6 is 0 Å². The molecule has 0 fully saturated rings. The zero-order chi connectivity index (χ0) is 13.6. The van der Waals surface area contributed by atoms with E-state index in [1.807, 2.05) is 0 Å². The maximum atomic E-state index is 12.3. The first-order chi connectivity index (χ1) is 7.69. The van der Waals surface area contributed by atoms with Crippen LogP contribution in [0.25, 0.3) is 0 Å². The van der Waals surface area contributed by atoms with Gasteiger partial charge in [-0.2, -0.15) is 8.78 Å². The molecule has 4 nitrogen and oxygen atoms in total. The summed E-state index contributed by atoms with van der Waals surface area (Å²) in [6, 6.07) is 0. The van der Waals surface area contributed by atoms with E-state index < -0.39 is 43.4 Å². The van der Waals surface area contributed by atoms with Gasteiger partial charge in [0, 0.05) is 0 Å². The van der Waals surface area contributed by atoms with Crippen molar-refractivity contribution in [1.29, 1.82) is 0 Å². The number of halogens is 4. The molecule has 0 rings (SSSR count). The quantitative estimate of drug-likeness (QED) is 0.414. The highest BCUT2D eigenvalue weighted by Gasteiger charge is 2.50. The smallest absolute Gasteiger partial charge is 0.401 e. The van der Waals surface area contributed by atoms with E-state index >= 15 is 0 Å². The SMILES string of the molecule is CC(C)C(=O)OCCOC(=O)C(F)(F)C(F)F. The maximum Gasteiger partial charge on any atom is 0.401 e. The van der Waals surface area contributed by atoms with Crippen LogP contribution < -0.4 is 0 Å². The standard InChI is InChI=1S/C9H12F4O4/c1-5(2)6(14)16-3-4-17-8(15)9(12,13)7(10)11/h5,7H,3-4H2,1-2H3. The molecule has 0 unspecified atom stereocenters. The molecular weight excluding hydrogens is 248 g/mol. The molecule has 0 heterocycles. The summed E-state index contributed by atoms with van der Waals surface area (Å²) < 4.78 is 56.3. The van der Waals surface area contributed by atoms with Gasteiger partial charge in [-0.25, -0.2) is 13.6 Å². The number of esters is 2. The molecule has 0 radical (unpaired) electrons. The third-order valence-electron chi connectivity index (χ3n) is 1.58. The normalized spacial score (nSPS) is 11.8. The average Bonchev–Trinajstić information content (AvgIpc) is 2.22. The zero-order valence-corrected chi connectivity index (χ0v) is 9.21. The molecule has 0 saturated carbocycles. The van der Waals surface area contributed by atoms with Crippen LogP contribution in [0.15, 0.2) is 0 Å². The third-order valence-corrected chi connectivity index (χ3v) is 1.58. The number of hydrogen-bond acceptors (Lipinski definition) is 4. The monoisotopic (exact) mass is 260 g/mol. The van der Waals surface area contributed by atoms with Crippen molar-refractivity contribution in [2.24, 2.45) is 5.92 Å². The van der Waals surface area contributed by atoms with Gasteiger partial charge in [-0.3, -0.25) is 4.79 Å². The Kier molecular flexibility index (Phi) is 5.90. The highest BCUT2D eigenvalue weighted by Crippen LogP contribution is 2.24. The number of carbonyl (C=O) groups excluding carboxylic acids is 2. The van der Waals surface area contributed by atoms with E-state index in [1.54, 1.807) is 13.8 Å². The number of rotatable bonds is 6. The van der Waals surface area contributed by atoms with Gasteiger partial charge in [0.15, 0.2) is 0 Å². The number of alkyl halides is 4. The predicted octanol–water partition coefficient (Wildman–Crippen LogP) is 1.63. The minimum absolute atomic E-state index is 0.423. The Bertz CT molecular complexity index is 278. The third kappa shape index (κ3) is 5.01. The van der Waals surface area contributed by atoms with Crippen LogP contribution in [0.2, 0.25) is 0 Å². The number of ether oxygens (including phenoxy) is 2. The lowest BCUT2D eigenvalue weighted by Crippen LogP contribution is -2.38. The molecule has 0 bridgehead atoms. The summed E-state index contributed by atoms with van der Waals surface area (Å²) in [5, 5.41) is 0. The van der Waals surface area contributed by atoms with E-state index in [-0.39, 0.29) is 0 Å². The molecule has 0 N–H and O–H groups in total. The Morgan fingerprint density at radius 1 is 1.12 bits per heavy atom. The second-order valence-electron chi connectivity index (χ2n) is 3.38. The second kappa shape index (κ2) is 6.41. The molecule has 17 heavy (non-hydrogen) atoms. The molecule has 8 heteroatoms. The topological polar surface area (TPSA) is 52.6 Å². The second-order valence-corrected chi connectivity index (χ2v) is 3.38. The van der Waals surface area contributed by atoms with Gasteiger partial charge >= 0.3 is 24.3 Å². The van der Waals surface area contributed by atoms with E-state index in [1.165, 1.54) is 0 Å². The Hall–Kier alpha value is -1.34. The molecule has 0 aliphatic carbocycles. The highest BCUT2D eigenvalue weighted by molar-refractivity contribution is 5.78. The molecule has 0 amide bonds. The number of hydrogen-bond donors (Lipinski definition) is 0. The fourth-order valence-corrected chi connectivity index (χ4v) is 0.629. The van der Waals surface area contributed by atoms with Crippen LogP contribution in [0.4, 0.5) is 17.6 Å². The van der Waals surface area contributed by atoms with Gasteiger partial charge in [0.2, 0.25) is 0 Å². The molecular formula is C9H12F4O4. The minimum Gasteiger partial charge on any atom is -0.462 e. The van der Waals surface area contributed by atoms with Crippen molar-refractivity contribution in [1.82, 2.24) is 0 Å². The van der Waals surface area contributed by atoms with Crippen molar-refractivity contribution in [3.63, 3.8) is 0 Å². The van der Waals surface area contributed by atoms with Crippen molar-refractivity contribution in [2.45, 2.75) is 26.2 Å². The van der Waals surface area contributed by atoms with Gasteiger partial charge in [-0.15, -0.1) is 0 Å². The van der Waals surface area contributed by atoms with Gasteiger partial charge in [0.25, 0.3) is 0 Å². The summed E-state index contributed by atoms with van der Waals surface area (Å²) in [4.78, 5) is 21.4. The molecule has 100 valence electrons. The van der Waals surface area contributed by atoms with Gasteiger partial charge in [0.1, 0.15) is 13.2 Å². The largest absolute Gasteiger partial charge is 0.462 e. The molecule has 0 aromatic rings. The van der Waals surface area contributed by atoms with Crippen LogP contribution in [0, 0.1) is 5.92 Å². The highest BCUT2D eigenvalue weighted by atomic mass is 19.3. The summed E-state index contributed by atoms with van der Waals surface area (Å²) >= 11 is 0. The average molecular weight is 260 g/mol. The predicted molar refractivity (Wildman–Crippen MR) is 47.7 cm³/mol. The summed E-state index contributed by atoms with van der Waals surface area (Å²) in [6.07, 6.45) is -4.13. The fraction of sp³-hybridized carbons (Fsp3) is 0.778. The van der Waals surface area contributed by atoms with Gasteiger partial charge < -0.3 is 9.47 Å². The summed E-state index contributed by atoms with van der Waals surface area (Å²) in [5.74, 6) is -8.22. The summed E-state index contributed by atoms with van der Waals surface area (Å²) in [5.41, 5.74) is 0. The fourth-order valence-electron chi connectivity index (χ4n) is 0.629. The molecule has 0 aliphatic rings.